The molecule has 2 rings (SSSR count). The fourth-order valence-corrected chi connectivity index (χ4v) is 2.55. The van der Waals surface area contributed by atoms with Crippen LogP contribution in [-0.4, -0.2) is 13.6 Å². The zero-order chi connectivity index (χ0) is 13.8. The monoisotopic (exact) mass is 318 g/mol. The van der Waals surface area contributed by atoms with Crippen LogP contribution in [0.3, 0.4) is 0 Å². The maximum Gasteiger partial charge on any atom is 0.0598 e. The largest absolute Gasteiger partial charge is 0.397 e. The zero-order valence-electron chi connectivity index (χ0n) is 11.4. The molecule has 0 spiro atoms. The molecule has 19 heavy (non-hydrogen) atoms. The number of aryl methyl sites for hydroxylation is 1. The van der Waals surface area contributed by atoms with Crippen molar-refractivity contribution in [2.45, 2.75) is 13.3 Å². The molecule has 0 saturated heterocycles. The first kappa shape index (κ1) is 13.9. The second-order valence-electron chi connectivity index (χ2n) is 4.80. The molecule has 0 aromatic heterocycles. The minimum absolute atomic E-state index is 0.807. The number of nitrogens with two attached hydrogens (primary N) is 1. The van der Waals surface area contributed by atoms with E-state index in [0.29, 0.717) is 0 Å². The molecule has 0 unspecified atom stereocenters. The average molecular weight is 319 g/mol. The van der Waals surface area contributed by atoms with Crippen molar-refractivity contribution in [1.29, 1.82) is 0 Å². The molecular weight excluding hydrogens is 300 g/mol. The van der Waals surface area contributed by atoms with Crippen LogP contribution < -0.4 is 10.6 Å². The smallest absolute Gasteiger partial charge is 0.0598 e. The Labute approximate surface area is 123 Å². The average Bonchev–Trinajstić information content (AvgIpc) is 2.37. The second-order valence-corrected chi connectivity index (χ2v) is 5.72. The third kappa shape index (κ3) is 3.51. The van der Waals surface area contributed by atoms with Crippen LogP contribution >= 0.6 is 15.9 Å². The van der Waals surface area contributed by atoms with Crippen molar-refractivity contribution < 1.29 is 0 Å². The Kier molecular flexibility index (Phi) is 4.48. The van der Waals surface area contributed by atoms with Crippen LogP contribution in [0.15, 0.2) is 46.9 Å². The first-order chi connectivity index (χ1) is 9.08. The van der Waals surface area contributed by atoms with Crippen molar-refractivity contribution in [3.63, 3.8) is 0 Å². The maximum absolute atomic E-state index is 6.05. The summed E-state index contributed by atoms with van der Waals surface area (Å²) in [5.41, 5.74) is 10.7. The van der Waals surface area contributed by atoms with E-state index < -0.39 is 0 Å². The SMILES string of the molecule is Cc1ccccc1CCN(C)c1ccc(Br)cc1N. The number of benzene rings is 2. The number of likely N-dealkylation sites (N-methyl/N-ethyl adjacent to an activating group) is 1. The Bertz CT molecular complexity index is 566. The molecule has 2 N–H and O–H groups in total. The molecule has 0 saturated carbocycles. The molecule has 3 heteroatoms. The fraction of sp³-hybridized carbons (Fsp3) is 0.250. The molecule has 2 nitrogen and oxygen atoms in total. The van der Waals surface area contributed by atoms with E-state index in [9.17, 15) is 0 Å². The molecule has 0 fully saturated rings. The number of hydrogen-bond acceptors (Lipinski definition) is 2. The number of rotatable bonds is 4. The van der Waals surface area contributed by atoms with Gasteiger partial charge in [-0.25, -0.2) is 0 Å². The molecule has 0 aliphatic rings. The van der Waals surface area contributed by atoms with E-state index in [0.717, 1.165) is 28.8 Å². The third-order valence-electron chi connectivity index (χ3n) is 3.38. The van der Waals surface area contributed by atoms with Crippen LogP contribution in [0.2, 0.25) is 0 Å². The quantitative estimate of drug-likeness (QED) is 0.863. The highest BCUT2D eigenvalue weighted by atomic mass is 79.9. The van der Waals surface area contributed by atoms with Gasteiger partial charge < -0.3 is 10.6 Å². The van der Waals surface area contributed by atoms with E-state index in [2.05, 4.69) is 65.1 Å². The Morgan fingerprint density at radius 2 is 1.89 bits per heavy atom. The van der Waals surface area contributed by atoms with Gasteiger partial charge in [0.2, 0.25) is 0 Å². The van der Waals surface area contributed by atoms with Crippen molar-refractivity contribution in [1.82, 2.24) is 0 Å². The summed E-state index contributed by atoms with van der Waals surface area (Å²) in [5, 5.41) is 0. The van der Waals surface area contributed by atoms with Crippen molar-refractivity contribution in [2.24, 2.45) is 0 Å². The van der Waals surface area contributed by atoms with Gasteiger partial charge in [-0.1, -0.05) is 40.2 Å². The summed E-state index contributed by atoms with van der Waals surface area (Å²) in [6, 6.07) is 14.5. The molecular formula is C16H19BrN2. The second kappa shape index (κ2) is 6.11. The Morgan fingerprint density at radius 1 is 1.16 bits per heavy atom. The first-order valence-electron chi connectivity index (χ1n) is 6.38. The first-order valence-corrected chi connectivity index (χ1v) is 7.18. The van der Waals surface area contributed by atoms with E-state index in [1.807, 2.05) is 12.1 Å². The molecule has 0 bridgehead atoms. The molecule has 0 heterocycles. The van der Waals surface area contributed by atoms with Crippen LogP contribution in [0.25, 0.3) is 0 Å². The summed E-state index contributed by atoms with van der Waals surface area (Å²) in [4.78, 5) is 2.20. The molecule has 0 aliphatic heterocycles. The maximum atomic E-state index is 6.05. The molecule has 2 aromatic carbocycles. The van der Waals surface area contributed by atoms with Crippen molar-refractivity contribution in [2.75, 3.05) is 24.2 Å². The van der Waals surface area contributed by atoms with E-state index in [1.165, 1.54) is 11.1 Å². The number of nitrogen functional groups attached to an aromatic ring is 1. The normalized spacial score (nSPS) is 10.5. The lowest BCUT2D eigenvalue weighted by Gasteiger charge is -2.21. The lowest BCUT2D eigenvalue weighted by atomic mass is 10.1. The summed E-state index contributed by atoms with van der Waals surface area (Å²) in [7, 11) is 2.08. The van der Waals surface area contributed by atoms with Gasteiger partial charge in [-0.15, -0.1) is 0 Å². The van der Waals surface area contributed by atoms with Gasteiger partial charge in [0.25, 0.3) is 0 Å². The summed E-state index contributed by atoms with van der Waals surface area (Å²) in [5.74, 6) is 0. The number of halogens is 1. The van der Waals surface area contributed by atoms with Gasteiger partial charge in [-0.05, 0) is 42.7 Å². The highest BCUT2D eigenvalue weighted by Crippen LogP contribution is 2.26. The van der Waals surface area contributed by atoms with Crippen molar-refractivity contribution >= 4 is 27.3 Å². The molecule has 0 radical (unpaired) electrons. The highest BCUT2D eigenvalue weighted by Gasteiger charge is 2.06. The van der Waals surface area contributed by atoms with E-state index in [1.54, 1.807) is 0 Å². The van der Waals surface area contributed by atoms with Crippen LogP contribution in [-0.2, 0) is 6.42 Å². The van der Waals surface area contributed by atoms with E-state index in [4.69, 9.17) is 5.73 Å². The van der Waals surface area contributed by atoms with Crippen LogP contribution in [0.4, 0.5) is 11.4 Å². The molecule has 2 aromatic rings. The Hall–Kier alpha value is -1.48. The van der Waals surface area contributed by atoms with Gasteiger partial charge in [-0.2, -0.15) is 0 Å². The van der Waals surface area contributed by atoms with E-state index >= 15 is 0 Å². The Morgan fingerprint density at radius 3 is 2.58 bits per heavy atom. The minimum Gasteiger partial charge on any atom is -0.397 e. The molecule has 0 atom stereocenters. The standard InChI is InChI=1S/C16H19BrN2/c1-12-5-3-4-6-13(12)9-10-19(2)16-8-7-14(17)11-15(16)18/h3-8,11H,9-10,18H2,1-2H3. The predicted molar refractivity (Wildman–Crippen MR) is 86.7 cm³/mol. The van der Waals surface area contributed by atoms with Gasteiger partial charge in [0.1, 0.15) is 0 Å². The summed E-state index contributed by atoms with van der Waals surface area (Å²) in [6.45, 7) is 3.11. The molecule has 100 valence electrons. The summed E-state index contributed by atoms with van der Waals surface area (Å²) >= 11 is 3.43. The Balaban J connectivity index is 2.05. The van der Waals surface area contributed by atoms with Gasteiger partial charge in [-0.3, -0.25) is 0 Å². The van der Waals surface area contributed by atoms with Gasteiger partial charge in [0.05, 0.1) is 11.4 Å². The zero-order valence-corrected chi connectivity index (χ0v) is 12.9. The van der Waals surface area contributed by atoms with Gasteiger partial charge in [0.15, 0.2) is 0 Å². The molecule has 0 aliphatic carbocycles. The number of hydrogen-bond donors (Lipinski definition) is 1. The number of anilines is 2. The van der Waals surface area contributed by atoms with Gasteiger partial charge in [0, 0.05) is 18.1 Å². The summed E-state index contributed by atoms with van der Waals surface area (Å²) in [6.07, 6.45) is 1.03. The summed E-state index contributed by atoms with van der Waals surface area (Å²) < 4.78 is 1.01. The lowest BCUT2D eigenvalue weighted by Crippen LogP contribution is -2.21. The fourth-order valence-electron chi connectivity index (χ4n) is 2.17. The molecule has 0 amide bonds. The third-order valence-corrected chi connectivity index (χ3v) is 3.87. The lowest BCUT2D eigenvalue weighted by molar-refractivity contribution is 0.872. The van der Waals surface area contributed by atoms with Crippen molar-refractivity contribution in [3.05, 3.63) is 58.1 Å². The van der Waals surface area contributed by atoms with Crippen LogP contribution in [0.5, 0.6) is 0 Å². The van der Waals surface area contributed by atoms with Crippen molar-refractivity contribution in [3.8, 4) is 0 Å². The van der Waals surface area contributed by atoms with Crippen LogP contribution in [0.1, 0.15) is 11.1 Å². The van der Waals surface area contributed by atoms with Gasteiger partial charge >= 0.3 is 0 Å². The topological polar surface area (TPSA) is 29.3 Å². The van der Waals surface area contributed by atoms with E-state index in [-0.39, 0.29) is 0 Å². The minimum atomic E-state index is 0.807. The van der Waals surface area contributed by atoms with Crippen LogP contribution in [0, 0.1) is 6.92 Å². The highest BCUT2D eigenvalue weighted by molar-refractivity contribution is 9.10. The number of nitrogens with zero attached hydrogens (tertiary/aromatic N) is 1. The predicted octanol–water partition coefficient (Wildman–Crippen LogP) is 4.02.